The second-order valence-electron chi connectivity index (χ2n) is 6.04. The second-order valence-corrected chi connectivity index (χ2v) is 6.04. The van der Waals surface area contributed by atoms with E-state index in [9.17, 15) is 4.39 Å². The van der Waals surface area contributed by atoms with Crippen molar-refractivity contribution in [1.82, 2.24) is 4.90 Å². The Kier molecular flexibility index (Phi) is 4.74. The number of anilines is 1. The summed E-state index contributed by atoms with van der Waals surface area (Å²) in [6.07, 6.45) is 0.978. The fourth-order valence-electron chi connectivity index (χ4n) is 3.15. The van der Waals surface area contributed by atoms with Crippen LogP contribution in [0.2, 0.25) is 0 Å². The minimum Gasteiger partial charge on any atom is -0.369 e. The van der Waals surface area contributed by atoms with Crippen LogP contribution in [-0.4, -0.2) is 37.1 Å². The van der Waals surface area contributed by atoms with Crippen LogP contribution in [0.15, 0.2) is 54.6 Å². The van der Waals surface area contributed by atoms with E-state index in [2.05, 4.69) is 47.1 Å². The predicted molar refractivity (Wildman–Crippen MR) is 89.8 cm³/mol. The van der Waals surface area contributed by atoms with Crippen LogP contribution in [-0.2, 0) is 6.42 Å². The van der Waals surface area contributed by atoms with E-state index in [4.69, 9.17) is 0 Å². The Morgan fingerprint density at radius 3 is 2.18 bits per heavy atom. The van der Waals surface area contributed by atoms with Crippen molar-refractivity contribution in [3.63, 3.8) is 0 Å². The van der Waals surface area contributed by atoms with Crippen molar-refractivity contribution in [2.24, 2.45) is 0 Å². The normalized spacial score (nSPS) is 17.5. The molecule has 1 aliphatic heterocycles. The Morgan fingerprint density at radius 1 is 0.909 bits per heavy atom. The lowest BCUT2D eigenvalue weighted by Crippen LogP contribution is -2.50. The van der Waals surface area contributed by atoms with Crippen molar-refractivity contribution in [1.29, 1.82) is 0 Å². The molecule has 2 nitrogen and oxygen atoms in total. The number of piperazine rings is 1. The minimum atomic E-state index is -0.159. The van der Waals surface area contributed by atoms with Crippen LogP contribution in [0, 0.1) is 5.82 Å². The molecule has 1 heterocycles. The molecule has 22 heavy (non-hydrogen) atoms. The van der Waals surface area contributed by atoms with Gasteiger partial charge in [0.05, 0.1) is 0 Å². The summed E-state index contributed by atoms with van der Waals surface area (Å²) < 4.78 is 13.0. The number of benzene rings is 2. The van der Waals surface area contributed by atoms with Gasteiger partial charge in [-0.25, -0.2) is 4.39 Å². The number of hydrogen-bond acceptors (Lipinski definition) is 2. The van der Waals surface area contributed by atoms with E-state index in [0.29, 0.717) is 6.04 Å². The molecule has 0 radical (unpaired) electrons. The molecule has 0 aromatic heterocycles. The second kappa shape index (κ2) is 6.93. The first kappa shape index (κ1) is 15.0. The van der Waals surface area contributed by atoms with E-state index in [0.717, 1.165) is 32.6 Å². The van der Waals surface area contributed by atoms with E-state index in [1.165, 1.54) is 11.3 Å². The molecule has 0 N–H and O–H groups in total. The van der Waals surface area contributed by atoms with Gasteiger partial charge in [-0.15, -0.1) is 0 Å². The smallest absolute Gasteiger partial charge is 0.123 e. The van der Waals surface area contributed by atoms with E-state index in [1.54, 1.807) is 12.1 Å². The summed E-state index contributed by atoms with van der Waals surface area (Å²) >= 11 is 0. The highest BCUT2D eigenvalue weighted by atomic mass is 19.1. The Bertz CT molecular complexity index is 574. The Balaban J connectivity index is 1.53. The molecule has 1 saturated heterocycles. The van der Waals surface area contributed by atoms with Crippen molar-refractivity contribution in [3.8, 4) is 0 Å². The van der Waals surface area contributed by atoms with E-state index in [1.807, 2.05) is 12.1 Å². The summed E-state index contributed by atoms with van der Waals surface area (Å²) in [7, 11) is 0. The van der Waals surface area contributed by atoms with Gasteiger partial charge in [-0.2, -0.15) is 0 Å². The Morgan fingerprint density at radius 2 is 1.55 bits per heavy atom. The van der Waals surface area contributed by atoms with Crippen molar-refractivity contribution >= 4 is 5.69 Å². The summed E-state index contributed by atoms with van der Waals surface area (Å²) in [5.74, 6) is -0.159. The quantitative estimate of drug-likeness (QED) is 0.851. The Labute approximate surface area is 132 Å². The average Bonchev–Trinajstić information content (AvgIpc) is 2.58. The molecule has 0 saturated carbocycles. The number of halogens is 1. The summed E-state index contributed by atoms with van der Waals surface area (Å²) in [4.78, 5) is 4.98. The standard InChI is InChI=1S/C19H23FN2/c1-16(15-17-7-9-18(20)10-8-17)21-11-13-22(14-12-21)19-5-3-2-4-6-19/h2-10,16H,11-15H2,1H3/t16-/m0/s1. The van der Waals surface area contributed by atoms with E-state index >= 15 is 0 Å². The Hall–Kier alpha value is -1.87. The van der Waals surface area contributed by atoms with Crippen LogP contribution in [0.4, 0.5) is 10.1 Å². The van der Waals surface area contributed by atoms with E-state index in [-0.39, 0.29) is 5.82 Å². The van der Waals surface area contributed by atoms with Gasteiger partial charge in [-0.1, -0.05) is 30.3 Å². The maximum absolute atomic E-state index is 13.0. The molecular weight excluding hydrogens is 275 g/mol. The van der Waals surface area contributed by atoms with Crippen molar-refractivity contribution in [2.45, 2.75) is 19.4 Å². The predicted octanol–water partition coefficient (Wildman–Crippen LogP) is 3.58. The van der Waals surface area contributed by atoms with Crippen molar-refractivity contribution in [3.05, 3.63) is 66.0 Å². The molecule has 0 aliphatic carbocycles. The maximum Gasteiger partial charge on any atom is 0.123 e. The average molecular weight is 298 g/mol. The third kappa shape index (κ3) is 3.66. The lowest BCUT2D eigenvalue weighted by Gasteiger charge is -2.39. The van der Waals surface area contributed by atoms with Crippen LogP contribution in [0.5, 0.6) is 0 Å². The van der Waals surface area contributed by atoms with Crippen LogP contribution in [0.3, 0.4) is 0 Å². The summed E-state index contributed by atoms with van der Waals surface area (Å²) in [6.45, 7) is 6.56. The SMILES string of the molecule is C[C@@H](Cc1ccc(F)cc1)N1CCN(c2ccccc2)CC1. The molecule has 0 amide bonds. The molecule has 2 aromatic rings. The zero-order chi connectivity index (χ0) is 15.4. The van der Waals surface area contributed by atoms with Gasteiger partial charge in [0.15, 0.2) is 0 Å². The molecule has 3 rings (SSSR count). The fourth-order valence-corrected chi connectivity index (χ4v) is 3.15. The first-order valence-electron chi connectivity index (χ1n) is 8.01. The molecule has 0 bridgehead atoms. The van der Waals surface area contributed by atoms with Gasteiger partial charge in [0.2, 0.25) is 0 Å². The van der Waals surface area contributed by atoms with E-state index < -0.39 is 0 Å². The number of nitrogens with zero attached hydrogens (tertiary/aromatic N) is 2. The summed E-state index contributed by atoms with van der Waals surface area (Å²) in [6, 6.07) is 18.0. The van der Waals surface area contributed by atoms with Crippen LogP contribution < -0.4 is 4.90 Å². The molecule has 0 spiro atoms. The van der Waals surface area contributed by atoms with Crippen molar-refractivity contribution < 1.29 is 4.39 Å². The van der Waals surface area contributed by atoms with Crippen LogP contribution in [0.1, 0.15) is 12.5 Å². The highest BCUT2D eigenvalue weighted by Crippen LogP contribution is 2.18. The van der Waals surface area contributed by atoms with Crippen LogP contribution in [0.25, 0.3) is 0 Å². The number of rotatable bonds is 4. The first-order chi connectivity index (χ1) is 10.7. The highest BCUT2D eigenvalue weighted by Gasteiger charge is 2.21. The molecule has 0 unspecified atom stereocenters. The van der Waals surface area contributed by atoms with Crippen LogP contribution >= 0.6 is 0 Å². The number of hydrogen-bond donors (Lipinski definition) is 0. The van der Waals surface area contributed by atoms with Gasteiger partial charge < -0.3 is 4.90 Å². The molecular formula is C19H23FN2. The molecule has 2 aromatic carbocycles. The molecule has 3 heteroatoms. The fraction of sp³-hybridized carbons (Fsp3) is 0.368. The van der Waals surface area contributed by atoms with Gasteiger partial charge in [-0.3, -0.25) is 4.90 Å². The highest BCUT2D eigenvalue weighted by molar-refractivity contribution is 5.46. The number of para-hydroxylation sites is 1. The van der Waals surface area contributed by atoms with Gasteiger partial charge in [0.1, 0.15) is 5.82 Å². The largest absolute Gasteiger partial charge is 0.369 e. The maximum atomic E-state index is 13.0. The third-order valence-electron chi connectivity index (χ3n) is 4.50. The summed E-state index contributed by atoms with van der Waals surface area (Å²) in [5.41, 5.74) is 2.52. The van der Waals surface area contributed by atoms with Gasteiger partial charge in [-0.05, 0) is 43.2 Å². The molecule has 1 aliphatic rings. The summed E-state index contributed by atoms with van der Waals surface area (Å²) in [5, 5.41) is 0. The van der Waals surface area contributed by atoms with Crippen molar-refractivity contribution in [2.75, 3.05) is 31.1 Å². The lowest BCUT2D eigenvalue weighted by molar-refractivity contribution is 0.196. The zero-order valence-corrected chi connectivity index (χ0v) is 13.1. The van der Waals surface area contributed by atoms with Gasteiger partial charge in [0.25, 0.3) is 0 Å². The lowest BCUT2D eigenvalue weighted by atomic mass is 10.1. The minimum absolute atomic E-state index is 0.159. The van der Waals surface area contributed by atoms with Gasteiger partial charge in [0, 0.05) is 37.9 Å². The third-order valence-corrected chi connectivity index (χ3v) is 4.50. The first-order valence-corrected chi connectivity index (χ1v) is 8.01. The molecule has 1 fully saturated rings. The monoisotopic (exact) mass is 298 g/mol. The molecule has 116 valence electrons. The molecule has 1 atom stereocenters. The van der Waals surface area contributed by atoms with Gasteiger partial charge >= 0.3 is 0 Å². The topological polar surface area (TPSA) is 6.48 Å². The zero-order valence-electron chi connectivity index (χ0n) is 13.1.